The zero-order chi connectivity index (χ0) is 8.58. The van der Waals surface area contributed by atoms with Crippen molar-refractivity contribution in [1.82, 2.24) is 0 Å². The fraction of sp³-hybridized carbons (Fsp3) is 1.00. The van der Waals surface area contributed by atoms with E-state index in [1.54, 1.807) is 0 Å². The van der Waals surface area contributed by atoms with Gasteiger partial charge in [0.1, 0.15) is 0 Å². The van der Waals surface area contributed by atoms with Crippen molar-refractivity contribution in [3.05, 3.63) is 0 Å². The van der Waals surface area contributed by atoms with Gasteiger partial charge < -0.3 is 10.2 Å². The molecule has 0 heterocycles. The summed E-state index contributed by atoms with van der Waals surface area (Å²) in [4.78, 5) is 0. The lowest BCUT2D eigenvalue weighted by Gasteiger charge is -2.20. The fourth-order valence-electron chi connectivity index (χ4n) is 0.146. The number of hydrogen-bond donors (Lipinski definition) is 2. The van der Waals surface area contributed by atoms with Gasteiger partial charge in [0.25, 0.3) is 0 Å². The van der Waals surface area contributed by atoms with Crippen LogP contribution in [0.1, 0.15) is 0 Å². The van der Waals surface area contributed by atoms with E-state index in [2.05, 4.69) is 0 Å². The van der Waals surface area contributed by atoms with E-state index in [0.717, 1.165) is 0 Å². The predicted molar refractivity (Wildman–Crippen MR) is 19.2 cm³/mol. The predicted octanol–water partition coefficient (Wildman–Crippen LogP) is 0.495. The largest absolute Gasteiger partial charge is 0.458 e. The van der Waals surface area contributed by atoms with Gasteiger partial charge in [-0.05, 0) is 0 Å². The molecule has 0 saturated carbocycles. The van der Waals surface area contributed by atoms with Crippen molar-refractivity contribution >= 4 is 0 Å². The maximum atomic E-state index is 11.4. The summed E-state index contributed by atoms with van der Waals surface area (Å²) in [7, 11) is 0. The molecule has 0 aliphatic heterocycles. The normalized spacial score (nSPS) is 14.4. The van der Waals surface area contributed by atoms with Crippen LogP contribution in [0.15, 0.2) is 0 Å². The molecule has 62 valence electrons. The molecular formula is C3H3F5O2. The van der Waals surface area contributed by atoms with Crippen molar-refractivity contribution in [2.45, 2.75) is 18.4 Å². The monoisotopic (exact) mass is 166 g/mol. The molecule has 2 nitrogen and oxygen atoms in total. The molecule has 0 aromatic carbocycles. The summed E-state index contributed by atoms with van der Waals surface area (Å²) >= 11 is 0. The van der Waals surface area contributed by atoms with Gasteiger partial charge in [-0.15, -0.1) is 0 Å². The number of hydrogen-bond acceptors (Lipinski definition) is 2. The molecule has 7 heteroatoms. The first-order valence-corrected chi connectivity index (χ1v) is 2.00. The fourth-order valence-corrected chi connectivity index (χ4v) is 0.146. The molecule has 0 amide bonds. The van der Waals surface area contributed by atoms with Crippen molar-refractivity contribution in [2.24, 2.45) is 0 Å². The topological polar surface area (TPSA) is 40.5 Å². The van der Waals surface area contributed by atoms with Crippen LogP contribution in [-0.4, -0.2) is 28.6 Å². The first kappa shape index (κ1) is 9.57. The summed E-state index contributed by atoms with van der Waals surface area (Å²) < 4.78 is 55.9. The van der Waals surface area contributed by atoms with Crippen LogP contribution in [0.4, 0.5) is 22.0 Å². The van der Waals surface area contributed by atoms with Gasteiger partial charge in [0.05, 0.1) is 0 Å². The Morgan fingerprint density at radius 2 is 1.20 bits per heavy atom. The van der Waals surface area contributed by atoms with Crippen LogP contribution in [0.3, 0.4) is 0 Å². The van der Waals surface area contributed by atoms with E-state index in [0.29, 0.717) is 0 Å². The highest BCUT2D eigenvalue weighted by atomic mass is 19.4. The number of halogens is 5. The molecule has 0 unspecified atom stereocenters. The third-order valence-electron chi connectivity index (χ3n) is 0.702. The lowest BCUT2D eigenvalue weighted by molar-refractivity contribution is -0.348. The van der Waals surface area contributed by atoms with Crippen molar-refractivity contribution in [3.8, 4) is 0 Å². The maximum Gasteiger partial charge on any atom is 0.458 e. The number of alkyl halides is 5. The number of rotatable bonds is 1. The molecule has 0 fully saturated rings. The summed E-state index contributed by atoms with van der Waals surface area (Å²) in [6.45, 7) is 0. The first-order valence-electron chi connectivity index (χ1n) is 2.00. The average molecular weight is 166 g/mol. The molecule has 0 aliphatic carbocycles. The minimum atomic E-state index is -5.92. The summed E-state index contributed by atoms with van der Waals surface area (Å²) in [6, 6.07) is 0. The number of aliphatic hydroxyl groups is 2. The highest BCUT2D eigenvalue weighted by molar-refractivity contribution is 4.77. The lowest BCUT2D eigenvalue weighted by Crippen LogP contribution is -2.46. The van der Waals surface area contributed by atoms with Crippen molar-refractivity contribution in [1.29, 1.82) is 0 Å². The standard InChI is InChI=1S/C3H3F5O2/c4-2(5,1(9)10)3(6,7)8/h1,9-10H. The lowest BCUT2D eigenvalue weighted by atomic mass is 10.3. The van der Waals surface area contributed by atoms with E-state index in [9.17, 15) is 22.0 Å². The Morgan fingerprint density at radius 1 is 0.900 bits per heavy atom. The van der Waals surface area contributed by atoms with Gasteiger partial charge in [0, 0.05) is 0 Å². The quantitative estimate of drug-likeness (QED) is 0.439. The van der Waals surface area contributed by atoms with Crippen LogP contribution in [0.2, 0.25) is 0 Å². The second-order valence-electron chi connectivity index (χ2n) is 1.49. The highest BCUT2D eigenvalue weighted by Crippen LogP contribution is 2.36. The molecule has 0 rings (SSSR count). The molecule has 0 radical (unpaired) electrons. The Morgan fingerprint density at radius 3 is 1.20 bits per heavy atom. The SMILES string of the molecule is OC(O)C(F)(F)C(F)(F)F. The minimum Gasteiger partial charge on any atom is -0.363 e. The van der Waals surface area contributed by atoms with E-state index in [1.807, 2.05) is 0 Å². The molecule has 0 aromatic rings. The zero-order valence-corrected chi connectivity index (χ0v) is 4.36. The van der Waals surface area contributed by atoms with E-state index >= 15 is 0 Å². The van der Waals surface area contributed by atoms with Gasteiger partial charge in [0.15, 0.2) is 0 Å². The van der Waals surface area contributed by atoms with Crippen LogP contribution in [0.25, 0.3) is 0 Å². The second-order valence-corrected chi connectivity index (χ2v) is 1.49. The Bertz CT molecular complexity index is 117. The maximum absolute atomic E-state index is 11.4. The molecule has 0 bridgehead atoms. The average Bonchev–Trinajstić information content (AvgIpc) is 1.62. The van der Waals surface area contributed by atoms with Gasteiger partial charge in [-0.1, -0.05) is 0 Å². The van der Waals surface area contributed by atoms with Crippen LogP contribution < -0.4 is 0 Å². The smallest absolute Gasteiger partial charge is 0.363 e. The third-order valence-corrected chi connectivity index (χ3v) is 0.702. The number of aliphatic hydroxyl groups excluding tert-OH is 1. The summed E-state index contributed by atoms with van der Waals surface area (Å²) in [5.74, 6) is -5.45. The van der Waals surface area contributed by atoms with Crippen LogP contribution in [0, 0.1) is 0 Å². The zero-order valence-electron chi connectivity index (χ0n) is 4.36. The van der Waals surface area contributed by atoms with Crippen molar-refractivity contribution in [3.63, 3.8) is 0 Å². The second kappa shape index (κ2) is 2.31. The van der Waals surface area contributed by atoms with Gasteiger partial charge in [-0.25, -0.2) is 0 Å². The first-order chi connectivity index (χ1) is 4.19. The van der Waals surface area contributed by atoms with Crippen molar-refractivity contribution in [2.75, 3.05) is 0 Å². The molecule has 2 N–H and O–H groups in total. The molecular weight excluding hydrogens is 163 g/mol. The van der Waals surface area contributed by atoms with Gasteiger partial charge in [-0.2, -0.15) is 22.0 Å². The Labute approximate surface area is 51.9 Å². The van der Waals surface area contributed by atoms with Crippen molar-refractivity contribution < 1.29 is 32.2 Å². The van der Waals surface area contributed by atoms with E-state index in [-0.39, 0.29) is 0 Å². The molecule has 10 heavy (non-hydrogen) atoms. The minimum absolute atomic E-state index is 3.70. The van der Waals surface area contributed by atoms with E-state index in [1.165, 1.54) is 0 Å². The van der Waals surface area contributed by atoms with Crippen LogP contribution in [0.5, 0.6) is 0 Å². The Balaban J connectivity index is 4.40. The molecule has 0 spiro atoms. The summed E-state index contributed by atoms with van der Waals surface area (Å²) in [5.41, 5.74) is 0. The van der Waals surface area contributed by atoms with Crippen LogP contribution in [-0.2, 0) is 0 Å². The van der Waals surface area contributed by atoms with E-state index in [4.69, 9.17) is 10.2 Å². The highest BCUT2D eigenvalue weighted by Gasteiger charge is 2.62. The Kier molecular flexibility index (Phi) is 2.21. The van der Waals surface area contributed by atoms with E-state index < -0.39 is 18.4 Å². The van der Waals surface area contributed by atoms with Crippen LogP contribution >= 0.6 is 0 Å². The molecule has 0 aromatic heterocycles. The summed E-state index contributed by atoms with van der Waals surface area (Å²) in [6.07, 6.45) is -9.62. The molecule has 0 saturated heterocycles. The summed E-state index contributed by atoms with van der Waals surface area (Å²) in [5, 5.41) is 15.0. The van der Waals surface area contributed by atoms with Gasteiger partial charge >= 0.3 is 12.1 Å². The molecule has 0 atom stereocenters. The Hall–Kier alpha value is -0.430. The van der Waals surface area contributed by atoms with Gasteiger partial charge in [0.2, 0.25) is 6.29 Å². The van der Waals surface area contributed by atoms with Gasteiger partial charge in [-0.3, -0.25) is 0 Å². The third kappa shape index (κ3) is 1.54. The molecule has 0 aliphatic rings.